The molecule has 0 aliphatic carbocycles. The van der Waals surface area contributed by atoms with E-state index in [1.807, 2.05) is 0 Å². The van der Waals surface area contributed by atoms with Crippen molar-refractivity contribution >= 4 is 41.5 Å². The van der Waals surface area contributed by atoms with E-state index in [1.54, 1.807) is 13.1 Å². The zero-order valence-corrected chi connectivity index (χ0v) is 20.6. The molecule has 1 aromatic heterocycles. The van der Waals surface area contributed by atoms with Crippen LogP contribution < -0.4 is 10.6 Å². The number of halogens is 7. The van der Waals surface area contributed by atoms with E-state index in [1.165, 1.54) is 35.1 Å². The lowest BCUT2D eigenvalue weighted by Gasteiger charge is -2.33. The van der Waals surface area contributed by atoms with Gasteiger partial charge in [0, 0.05) is 31.1 Å². The maximum atomic E-state index is 14.9. The molecule has 4 rings (SSSR count). The smallest absolute Gasteiger partial charge is 0.347 e. The van der Waals surface area contributed by atoms with E-state index >= 15 is 0 Å². The molecule has 2 N–H and O–H groups in total. The molecule has 1 amide bonds. The van der Waals surface area contributed by atoms with Gasteiger partial charge in [0.25, 0.3) is 5.91 Å². The molecule has 12 heteroatoms. The SMILES string of the molecule is Cl.Cn1ncc(Cl)c1-c1ccc(C(=O)N[C@@H]2CNCC[C@H]2c2ccc(Cl)c(C(F)(F)F)c2)c(F)c1. The second-order valence-electron chi connectivity index (χ2n) is 8.08. The maximum absolute atomic E-state index is 14.9. The Kier molecular flexibility index (Phi) is 8.36. The quantitative estimate of drug-likeness (QED) is 0.400. The minimum atomic E-state index is -4.60. The average molecular weight is 552 g/mol. The summed E-state index contributed by atoms with van der Waals surface area (Å²) in [6.45, 7) is 0.889. The van der Waals surface area contributed by atoms with Crippen LogP contribution in [0.2, 0.25) is 10.0 Å². The van der Waals surface area contributed by atoms with E-state index in [4.69, 9.17) is 23.2 Å². The zero-order chi connectivity index (χ0) is 24.6. The Morgan fingerprint density at radius 2 is 1.91 bits per heavy atom. The van der Waals surface area contributed by atoms with Gasteiger partial charge in [0.2, 0.25) is 0 Å². The molecule has 0 bridgehead atoms. The highest BCUT2D eigenvalue weighted by atomic mass is 35.5. The molecule has 2 aromatic carbocycles. The van der Waals surface area contributed by atoms with Crippen molar-refractivity contribution < 1.29 is 22.4 Å². The van der Waals surface area contributed by atoms with E-state index in [-0.39, 0.29) is 23.0 Å². The van der Waals surface area contributed by atoms with Gasteiger partial charge in [-0.3, -0.25) is 9.48 Å². The summed E-state index contributed by atoms with van der Waals surface area (Å²) < 4.78 is 56.4. The first kappa shape index (κ1) is 27.3. The number of alkyl halides is 3. The second-order valence-corrected chi connectivity index (χ2v) is 8.89. The Morgan fingerprint density at radius 3 is 2.54 bits per heavy atom. The number of benzene rings is 2. The highest BCUT2D eigenvalue weighted by Crippen LogP contribution is 2.38. The lowest BCUT2D eigenvalue weighted by molar-refractivity contribution is -0.137. The fourth-order valence-corrected chi connectivity index (χ4v) is 4.73. The number of rotatable bonds is 4. The van der Waals surface area contributed by atoms with Crippen molar-refractivity contribution in [3.63, 3.8) is 0 Å². The number of nitrogens with one attached hydrogen (secondary N) is 2. The van der Waals surface area contributed by atoms with Crippen molar-refractivity contribution in [1.82, 2.24) is 20.4 Å². The van der Waals surface area contributed by atoms with E-state index in [0.717, 1.165) is 6.07 Å². The molecule has 3 aromatic rings. The summed E-state index contributed by atoms with van der Waals surface area (Å²) in [7, 11) is 1.66. The van der Waals surface area contributed by atoms with E-state index in [9.17, 15) is 22.4 Å². The van der Waals surface area contributed by atoms with Crippen LogP contribution in [0.3, 0.4) is 0 Å². The standard InChI is InChI=1S/C23H20Cl2F4N4O.ClH/c1-33-21(18(25)10-31-33)13-2-4-15(19(26)9-13)22(34)32-20-11-30-7-6-14(20)12-3-5-17(24)16(8-12)23(27,28)29;/h2-5,8-10,14,20,30H,6-7,11H2,1H3,(H,32,34);1H/t14-,20+;/m0./s1. The Labute approximate surface area is 215 Å². The minimum Gasteiger partial charge on any atom is -0.347 e. The predicted molar refractivity (Wildman–Crippen MR) is 129 cm³/mol. The van der Waals surface area contributed by atoms with Gasteiger partial charge in [0.15, 0.2) is 0 Å². The summed E-state index contributed by atoms with van der Waals surface area (Å²) in [6, 6.07) is 7.31. The van der Waals surface area contributed by atoms with Crippen molar-refractivity contribution in [2.24, 2.45) is 7.05 Å². The van der Waals surface area contributed by atoms with Gasteiger partial charge in [-0.1, -0.05) is 35.3 Å². The van der Waals surface area contributed by atoms with Crippen LogP contribution in [0.5, 0.6) is 0 Å². The van der Waals surface area contributed by atoms with Crippen LogP contribution in [0.25, 0.3) is 11.3 Å². The highest BCUT2D eigenvalue weighted by Gasteiger charge is 2.35. The normalized spacial score (nSPS) is 18.1. The lowest BCUT2D eigenvalue weighted by Crippen LogP contribution is -2.50. The molecule has 35 heavy (non-hydrogen) atoms. The summed E-state index contributed by atoms with van der Waals surface area (Å²) in [5.41, 5.74) is 0.263. The second kappa shape index (κ2) is 10.7. The molecule has 188 valence electrons. The van der Waals surface area contributed by atoms with Gasteiger partial charge in [-0.2, -0.15) is 18.3 Å². The van der Waals surface area contributed by atoms with Gasteiger partial charge in [-0.05, 0) is 42.8 Å². The Morgan fingerprint density at radius 1 is 1.17 bits per heavy atom. The van der Waals surface area contributed by atoms with Crippen LogP contribution in [-0.2, 0) is 13.2 Å². The lowest BCUT2D eigenvalue weighted by atomic mass is 9.85. The molecular weight excluding hydrogens is 531 g/mol. The number of amides is 1. The molecule has 1 aliphatic heterocycles. The third-order valence-corrected chi connectivity index (χ3v) is 6.51. The summed E-state index contributed by atoms with van der Waals surface area (Å²) >= 11 is 11.9. The first-order valence-corrected chi connectivity index (χ1v) is 11.2. The number of hydrogen-bond donors (Lipinski definition) is 2. The number of aryl methyl sites for hydroxylation is 1. The van der Waals surface area contributed by atoms with Crippen molar-refractivity contribution in [3.8, 4) is 11.3 Å². The summed E-state index contributed by atoms with van der Waals surface area (Å²) in [6.07, 6.45) is -2.67. The third-order valence-electron chi connectivity index (χ3n) is 5.90. The number of piperidine rings is 1. The molecule has 0 radical (unpaired) electrons. The summed E-state index contributed by atoms with van der Waals surface area (Å²) in [5.74, 6) is -1.82. The molecular formula is C23H21Cl3F4N4O. The van der Waals surface area contributed by atoms with Crippen LogP contribution in [0.4, 0.5) is 17.6 Å². The zero-order valence-electron chi connectivity index (χ0n) is 18.3. The van der Waals surface area contributed by atoms with Crippen molar-refractivity contribution in [2.75, 3.05) is 13.1 Å². The Bertz CT molecular complexity index is 1210. The fraction of sp³-hybridized carbons (Fsp3) is 0.304. The fourth-order valence-electron chi connectivity index (χ4n) is 4.23. The van der Waals surface area contributed by atoms with Crippen molar-refractivity contribution in [3.05, 3.63) is 75.1 Å². The molecule has 5 nitrogen and oxygen atoms in total. The highest BCUT2D eigenvalue weighted by molar-refractivity contribution is 6.33. The number of carbonyl (C=O) groups is 1. The first-order chi connectivity index (χ1) is 16.1. The van der Waals surface area contributed by atoms with Gasteiger partial charge < -0.3 is 10.6 Å². The van der Waals surface area contributed by atoms with Crippen LogP contribution in [-0.4, -0.2) is 34.8 Å². The summed E-state index contributed by atoms with van der Waals surface area (Å²) in [4.78, 5) is 12.9. The largest absolute Gasteiger partial charge is 0.417 e. The van der Waals surface area contributed by atoms with Crippen LogP contribution >= 0.6 is 35.6 Å². The van der Waals surface area contributed by atoms with Crippen molar-refractivity contribution in [1.29, 1.82) is 0 Å². The number of hydrogen-bond acceptors (Lipinski definition) is 3. The third kappa shape index (κ3) is 5.74. The predicted octanol–water partition coefficient (Wildman–Crippen LogP) is 5.85. The van der Waals surface area contributed by atoms with Gasteiger partial charge in [-0.15, -0.1) is 12.4 Å². The van der Waals surface area contributed by atoms with Crippen LogP contribution in [0, 0.1) is 5.82 Å². The topological polar surface area (TPSA) is 59.0 Å². The molecule has 2 heterocycles. The molecule has 1 saturated heterocycles. The molecule has 1 fully saturated rings. The maximum Gasteiger partial charge on any atom is 0.417 e. The average Bonchev–Trinajstić information content (AvgIpc) is 3.11. The van der Waals surface area contributed by atoms with Gasteiger partial charge in [0.1, 0.15) is 5.82 Å². The Balaban J connectivity index is 0.00000342. The van der Waals surface area contributed by atoms with Crippen LogP contribution in [0.1, 0.15) is 33.8 Å². The van der Waals surface area contributed by atoms with E-state index in [0.29, 0.717) is 41.4 Å². The van der Waals surface area contributed by atoms with Gasteiger partial charge >= 0.3 is 6.18 Å². The van der Waals surface area contributed by atoms with E-state index in [2.05, 4.69) is 15.7 Å². The van der Waals surface area contributed by atoms with Gasteiger partial charge in [0.05, 0.1) is 33.1 Å². The number of nitrogens with zero attached hydrogens (tertiary/aromatic N) is 2. The van der Waals surface area contributed by atoms with Crippen molar-refractivity contribution in [2.45, 2.75) is 24.6 Å². The molecule has 0 spiro atoms. The monoisotopic (exact) mass is 550 g/mol. The molecule has 1 aliphatic rings. The Hall–Kier alpha value is -2.33. The molecule has 2 atom stereocenters. The minimum absolute atomic E-state index is 0. The molecule has 0 unspecified atom stereocenters. The number of aromatic nitrogens is 2. The van der Waals surface area contributed by atoms with Gasteiger partial charge in [-0.25, -0.2) is 4.39 Å². The van der Waals surface area contributed by atoms with Crippen LogP contribution in [0.15, 0.2) is 42.6 Å². The summed E-state index contributed by atoms with van der Waals surface area (Å²) in [5, 5.41) is 9.87. The first-order valence-electron chi connectivity index (χ1n) is 10.4. The number of carbonyl (C=O) groups excluding carboxylic acids is 1. The van der Waals surface area contributed by atoms with E-state index < -0.39 is 35.4 Å². The molecule has 0 saturated carbocycles.